The minimum absolute atomic E-state index is 0.00564. The van der Waals surface area contributed by atoms with Gasteiger partial charge in [-0.3, -0.25) is 4.79 Å². The number of Topliss-reactive ketones (excluding diaryl/α,β-unsaturated/α-hetero) is 1. The maximum Gasteiger partial charge on any atom is 0.169 e. The van der Waals surface area contributed by atoms with Crippen molar-refractivity contribution in [2.24, 2.45) is 5.41 Å². The van der Waals surface area contributed by atoms with Crippen LogP contribution in [0.4, 0.5) is 0 Å². The Kier molecular flexibility index (Phi) is 4.20. The first-order valence-corrected chi connectivity index (χ1v) is 7.24. The van der Waals surface area contributed by atoms with Crippen LogP contribution in [-0.2, 0) is 0 Å². The molecule has 0 saturated carbocycles. The second-order valence-electron chi connectivity index (χ2n) is 5.19. The normalized spacial score (nSPS) is 13.0. The maximum absolute atomic E-state index is 12.7. The van der Waals surface area contributed by atoms with Crippen molar-refractivity contribution >= 4 is 21.7 Å². The molecule has 0 fully saturated rings. The number of hydrogen-bond acceptors (Lipinski definition) is 1. The van der Waals surface area contributed by atoms with Crippen LogP contribution in [0.25, 0.3) is 0 Å². The second-order valence-corrected chi connectivity index (χ2v) is 6.11. The van der Waals surface area contributed by atoms with E-state index in [4.69, 9.17) is 0 Å². The molecule has 0 bridgehead atoms. The summed E-state index contributed by atoms with van der Waals surface area (Å²) in [4.78, 5) is 12.6. The standard InChI is InChI=1S/C17H17BrO/c1-17(2,15(18)13-9-5-3-6-10-13)16(19)14-11-7-4-8-12-14/h3-12,15H,1-2H3. The third-order valence-electron chi connectivity index (χ3n) is 3.35. The van der Waals surface area contributed by atoms with Gasteiger partial charge in [-0.1, -0.05) is 90.4 Å². The molecule has 0 aliphatic carbocycles. The highest BCUT2D eigenvalue weighted by molar-refractivity contribution is 9.09. The van der Waals surface area contributed by atoms with Crippen molar-refractivity contribution in [1.82, 2.24) is 0 Å². The molecule has 2 rings (SSSR count). The molecule has 2 aromatic rings. The molecule has 1 atom stereocenters. The SMILES string of the molecule is CC(C)(C(=O)c1ccccc1)C(Br)c1ccccc1. The molecule has 0 N–H and O–H groups in total. The Morgan fingerprint density at radius 2 is 1.42 bits per heavy atom. The van der Waals surface area contributed by atoms with Crippen molar-refractivity contribution in [3.8, 4) is 0 Å². The fourth-order valence-corrected chi connectivity index (χ4v) is 2.63. The van der Waals surface area contributed by atoms with Crippen LogP contribution < -0.4 is 0 Å². The van der Waals surface area contributed by atoms with Gasteiger partial charge in [-0.2, -0.15) is 0 Å². The summed E-state index contributed by atoms with van der Waals surface area (Å²) in [5.74, 6) is 0.152. The molecule has 0 aliphatic heterocycles. The summed E-state index contributed by atoms with van der Waals surface area (Å²) in [5, 5.41) is 0. The molecule has 0 heterocycles. The molecule has 1 unspecified atom stereocenters. The zero-order valence-electron chi connectivity index (χ0n) is 11.1. The number of alkyl halides is 1. The van der Waals surface area contributed by atoms with Gasteiger partial charge in [0.05, 0.1) is 4.83 Å². The summed E-state index contributed by atoms with van der Waals surface area (Å²) in [6, 6.07) is 19.5. The van der Waals surface area contributed by atoms with Gasteiger partial charge >= 0.3 is 0 Å². The predicted octanol–water partition coefficient (Wildman–Crippen LogP) is 5.03. The highest BCUT2D eigenvalue weighted by Gasteiger charge is 2.36. The zero-order chi connectivity index (χ0) is 13.9. The van der Waals surface area contributed by atoms with Gasteiger partial charge in [0.2, 0.25) is 0 Å². The van der Waals surface area contributed by atoms with Gasteiger partial charge < -0.3 is 0 Å². The largest absolute Gasteiger partial charge is 0.294 e. The lowest BCUT2D eigenvalue weighted by Crippen LogP contribution is -2.28. The van der Waals surface area contributed by atoms with Crippen molar-refractivity contribution < 1.29 is 4.79 Å². The first-order chi connectivity index (χ1) is 9.03. The van der Waals surface area contributed by atoms with Crippen LogP contribution in [0.2, 0.25) is 0 Å². The first kappa shape index (κ1) is 14.0. The fraction of sp³-hybridized carbons (Fsp3) is 0.235. The fourth-order valence-electron chi connectivity index (χ4n) is 2.12. The number of carbonyl (C=O) groups excluding carboxylic acids is 1. The van der Waals surface area contributed by atoms with E-state index in [1.807, 2.05) is 74.5 Å². The molecule has 0 saturated heterocycles. The highest BCUT2D eigenvalue weighted by Crippen LogP contribution is 2.42. The van der Waals surface area contributed by atoms with E-state index in [2.05, 4.69) is 15.9 Å². The zero-order valence-corrected chi connectivity index (χ0v) is 12.7. The van der Waals surface area contributed by atoms with Gasteiger partial charge in [0.15, 0.2) is 5.78 Å². The molecule has 0 radical (unpaired) electrons. The van der Waals surface area contributed by atoms with E-state index in [9.17, 15) is 4.79 Å². The van der Waals surface area contributed by atoms with Crippen LogP contribution in [0.5, 0.6) is 0 Å². The Hall–Kier alpha value is -1.41. The highest BCUT2D eigenvalue weighted by atomic mass is 79.9. The minimum atomic E-state index is -0.497. The molecular formula is C17H17BrO. The topological polar surface area (TPSA) is 17.1 Å². The Morgan fingerprint density at radius 1 is 0.947 bits per heavy atom. The Balaban J connectivity index is 2.30. The van der Waals surface area contributed by atoms with Crippen LogP contribution >= 0.6 is 15.9 Å². The molecular weight excluding hydrogens is 300 g/mol. The number of rotatable bonds is 4. The first-order valence-electron chi connectivity index (χ1n) is 6.32. The third-order valence-corrected chi connectivity index (χ3v) is 5.02. The van der Waals surface area contributed by atoms with Gasteiger partial charge in [0, 0.05) is 11.0 Å². The van der Waals surface area contributed by atoms with E-state index in [0.29, 0.717) is 0 Å². The maximum atomic E-state index is 12.7. The molecule has 98 valence electrons. The van der Waals surface area contributed by atoms with Gasteiger partial charge in [0.25, 0.3) is 0 Å². The van der Waals surface area contributed by atoms with Crippen molar-refractivity contribution in [3.63, 3.8) is 0 Å². The van der Waals surface area contributed by atoms with E-state index in [1.54, 1.807) is 0 Å². The summed E-state index contributed by atoms with van der Waals surface area (Å²) in [6.07, 6.45) is 0. The van der Waals surface area contributed by atoms with Crippen LogP contribution in [0.15, 0.2) is 60.7 Å². The average Bonchev–Trinajstić information content (AvgIpc) is 2.47. The lowest BCUT2D eigenvalue weighted by atomic mass is 9.79. The molecule has 0 amide bonds. The van der Waals surface area contributed by atoms with Crippen molar-refractivity contribution in [2.75, 3.05) is 0 Å². The second kappa shape index (κ2) is 5.70. The van der Waals surface area contributed by atoms with Gasteiger partial charge in [-0.05, 0) is 5.56 Å². The van der Waals surface area contributed by atoms with Crippen LogP contribution in [0.1, 0.15) is 34.6 Å². The number of halogens is 1. The summed E-state index contributed by atoms with van der Waals surface area (Å²) >= 11 is 3.68. The van der Waals surface area contributed by atoms with Gasteiger partial charge in [-0.25, -0.2) is 0 Å². The number of carbonyl (C=O) groups is 1. The van der Waals surface area contributed by atoms with Gasteiger partial charge in [-0.15, -0.1) is 0 Å². The Morgan fingerprint density at radius 3 is 1.95 bits per heavy atom. The molecule has 19 heavy (non-hydrogen) atoms. The molecule has 2 aromatic carbocycles. The van der Waals surface area contributed by atoms with Crippen LogP contribution in [0, 0.1) is 5.41 Å². The van der Waals surface area contributed by atoms with Crippen LogP contribution in [-0.4, -0.2) is 5.78 Å². The van der Waals surface area contributed by atoms with Gasteiger partial charge in [0.1, 0.15) is 0 Å². The number of ketones is 1. The molecule has 2 heteroatoms. The molecule has 1 nitrogen and oxygen atoms in total. The summed E-state index contributed by atoms with van der Waals surface area (Å²) < 4.78 is 0. The summed E-state index contributed by atoms with van der Waals surface area (Å²) in [5.41, 5.74) is 1.38. The minimum Gasteiger partial charge on any atom is -0.294 e. The molecule has 0 spiro atoms. The lowest BCUT2D eigenvalue weighted by molar-refractivity contribution is 0.0836. The van der Waals surface area contributed by atoms with E-state index in [1.165, 1.54) is 0 Å². The lowest BCUT2D eigenvalue weighted by Gasteiger charge is -2.29. The summed E-state index contributed by atoms with van der Waals surface area (Å²) in [7, 11) is 0. The smallest absolute Gasteiger partial charge is 0.169 e. The summed E-state index contributed by atoms with van der Waals surface area (Å²) in [6.45, 7) is 3.96. The number of benzene rings is 2. The van der Waals surface area contributed by atoms with E-state index >= 15 is 0 Å². The Bertz CT molecular complexity index is 546. The quantitative estimate of drug-likeness (QED) is 0.571. The molecule has 0 aromatic heterocycles. The molecule has 0 aliphatic rings. The van der Waals surface area contributed by atoms with E-state index in [0.717, 1.165) is 11.1 Å². The average molecular weight is 317 g/mol. The van der Waals surface area contributed by atoms with Crippen LogP contribution in [0.3, 0.4) is 0 Å². The third kappa shape index (κ3) is 2.95. The predicted molar refractivity (Wildman–Crippen MR) is 82.7 cm³/mol. The van der Waals surface area contributed by atoms with Crippen molar-refractivity contribution in [2.45, 2.75) is 18.7 Å². The van der Waals surface area contributed by atoms with Crippen molar-refractivity contribution in [3.05, 3.63) is 71.8 Å². The van der Waals surface area contributed by atoms with E-state index < -0.39 is 5.41 Å². The Labute approximate surface area is 122 Å². The number of hydrogen-bond donors (Lipinski definition) is 0. The van der Waals surface area contributed by atoms with E-state index in [-0.39, 0.29) is 10.6 Å². The monoisotopic (exact) mass is 316 g/mol. The van der Waals surface area contributed by atoms with Crippen molar-refractivity contribution in [1.29, 1.82) is 0 Å².